The molecule has 2 heterocycles. The highest BCUT2D eigenvalue weighted by molar-refractivity contribution is 6.32. The van der Waals surface area contributed by atoms with Crippen LogP contribution in [0, 0.1) is 5.92 Å². The first-order valence-electron chi connectivity index (χ1n) is 5.13. The third-order valence-corrected chi connectivity index (χ3v) is 3.12. The standard InChI is InChI=1S/C11H15ClN2/c1-9-4-7-14(8-5-9)11-10(12)3-2-6-13-11/h2-3,6,9H,4-5,7-8H2,1H3. The Labute approximate surface area is 89.9 Å². The smallest absolute Gasteiger partial charge is 0.147 e. The van der Waals surface area contributed by atoms with Crippen LogP contribution in [0.15, 0.2) is 18.3 Å². The van der Waals surface area contributed by atoms with Gasteiger partial charge in [-0.1, -0.05) is 18.5 Å². The summed E-state index contributed by atoms with van der Waals surface area (Å²) in [7, 11) is 0. The largest absolute Gasteiger partial charge is 0.355 e. The van der Waals surface area contributed by atoms with Gasteiger partial charge < -0.3 is 4.90 Å². The quantitative estimate of drug-likeness (QED) is 0.709. The van der Waals surface area contributed by atoms with Gasteiger partial charge in [-0.3, -0.25) is 0 Å². The molecule has 0 radical (unpaired) electrons. The summed E-state index contributed by atoms with van der Waals surface area (Å²) in [6.07, 6.45) is 4.29. The lowest BCUT2D eigenvalue weighted by molar-refractivity contribution is 0.436. The predicted octanol–water partition coefficient (Wildman–Crippen LogP) is 2.97. The Morgan fingerprint density at radius 1 is 1.43 bits per heavy atom. The molecule has 1 aliphatic heterocycles. The van der Waals surface area contributed by atoms with Crippen molar-refractivity contribution in [3.8, 4) is 0 Å². The van der Waals surface area contributed by atoms with Crippen molar-refractivity contribution in [2.75, 3.05) is 18.0 Å². The molecule has 0 bridgehead atoms. The molecule has 3 heteroatoms. The van der Waals surface area contributed by atoms with Gasteiger partial charge in [0.05, 0.1) is 5.02 Å². The van der Waals surface area contributed by atoms with Crippen LogP contribution < -0.4 is 4.90 Å². The highest BCUT2D eigenvalue weighted by Crippen LogP contribution is 2.26. The zero-order valence-corrected chi connectivity index (χ0v) is 9.17. The topological polar surface area (TPSA) is 16.1 Å². The fourth-order valence-electron chi connectivity index (χ4n) is 1.83. The Balaban J connectivity index is 2.12. The zero-order valence-electron chi connectivity index (χ0n) is 8.41. The van der Waals surface area contributed by atoms with Crippen molar-refractivity contribution in [3.63, 3.8) is 0 Å². The molecule has 1 aliphatic rings. The van der Waals surface area contributed by atoms with Gasteiger partial charge in [-0.2, -0.15) is 0 Å². The van der Waals surface area contributed by atoms with Crippen molar-refractivity contribution in [2.45, 2.75) is 19.8 Å². The van der Waals surface area contributed by atoms with Gasteiger partial charge in [0.1, 0.15) is 5.82 Å². The lowest BCUT2D eigenvalue weighted by Crippen LogP contribution is -2.33. The van der Waals surface area contributed by atoms with Crippen molar-refractivity contribution in [1.29, 1.82) is 0 Å². The molecule has 0 spiro atoms. The molecular weight excluding hydrogens is 196 g/mol. The van der Waals surface area contributed by atoms with Gasteiger partial charge in [-0.15, -0.1) is 0 Å². The minimum absolute atomic E-state index is 0.766. The lowest BCUT2D eigenvalue weighted by Gasteiger charge is -2.31. The molecule has 0 saturated carbocycles. The first-order valence-corrected chi connectivity index (χ1v) is 5.50. The van der Waals surface area contributed by atoms with Crippen LogP contribution in [-0.2, 0) is 0 Å². The summed E-state index contributed by atoms with van der Waals surface area (Å²) in [4.78, 5) is 6.60. The Kier molecular flexibility index (Phi) is 2.92. The molecule has 0 N–H and O–H groups in total. The first-order chi connectivity index (χ1) is 6.77. The van der Waals surface area contributed by atoms with E-state index in [1.165, 1.54) is 12.8 Å². The maximum Gasteiger partial charge on any atom is 0.147 e. The van der Waals surface area contributed by atoms with Crippen LogP contribution in [0.4, 0.5) is 5.82 Å². The number of halogens is 1. The second-order valence-corrected chi connectivity index (χ2v) is 4.39. The minimum Gasteiger partial charge on any atom is -0.355 e. The summed E-state index contributed by atoms with van der Waals surface area (Å²) in [5.41, 5.74) is 0. The van der Waals surface area contributed by atoms with E-state index < -0.39 is 0 Å². The second kappa shape index (κ2) is 4.18. The molecule has 14 heavy (non-hydrogen) atoms. The van der Waals surface area contributed by atoms with Crippen LogP contribution in [0.3, 0.4) is 0 Å². The lowest BCUT2D eigenvalue weighted by atomic mass is 9.99. The highest BCUT2D eigenvalue weighted by Gasteiger charge is 2.18. The van der Waals surface area contributed by atoms with E-state index in [0.717, 1.165) is 29.8 Å². The molecule has 0 atom stereocenters. The number of aromatic nitrogens is 1. The third kappa shape index (κ3) is 2.01. The molecule has 2 rings (SSSR count). The van der Waals surface area contributed by atoms with Crippen molar-refractivity contribution < 1.29 is 0 Å². The zero-order chi connectivity index (χ0) is 9.97. The van der Waals surface area contributed by atoms with Crippen LogP contribution in [0.1, 0.15) is 19.8 Å². The number of anilines is 1. The average molecular weight is 211 g/mol. The fraction of sp³-hybridized carbons (Fsp3) is 0.545. The number of rotatable bonds is 1. The maximum atomic E-state index is 6.09. The SMILES string of the molecule is CC1CCN(c2ncccc2Cl)CC1. The van der Waals surface area contributed by atoms with Gasteiger partial charge in [0.2, 0.25) is 0 Å². The van der Waals surface area contributed by atoms with Crippen LogP contribution in [0.25, 0.3) is 0 Å². The number of nitrogens with zero attached hydrogens (tertiary/aromatic N) is 2. The van der Waals surface area contributed by atoms with Crippen molar-refractivity contribution in [3.05, 3.63) is 23.4 Å². The molecule has 0 aromatic carbocycles. The molecular formula is C11H15ClN2. The summed E-state index contributed by atoms with van der Waals surface area (Å²) >= 11 is 6.09. The normalized spacial score (nSPS) is 18.6. The van der Waals surface area contributed by atoms with Crippen LogP contribution in [-0.4, -0.2) is 18.1 Å². The number of piperidine rings is 1. The maximum absolute atomic E-state index is 6.09. The van der Waals surface area contributed by atoms with E-state index in [9.17, 15) is 0 Å². The van der Waals surface area contributed by atoms with Gasteiger partial charge in [0.25, 0.3) is 0 Å². The Morgan fingerprint density at radius 2 is 2.14 bits per heavy atom. The first kappa shape index (κ1) is 9.78. The van der Waals surface area contributed by atoms with E-state index in [1.807, 2.05) is 12.1 Å². The Hall–Kier alpha value is -0.760. The van der Waals surface area contributed by atoms with Crippen LogP contribution in [0.5, 0.6) is 0 Å². The molecule has 0 unspecified atom stereocenters. The number of hydrogen-bond donors (Lipinski definition) is 0. The van der Waals surface area contributed by atoms with Gasteiger partial charge in [0, 0.05) is 19.3 Å². The summed E-state index contributed by atoms with van der Waals surface area (Å²) in [5, 5.41) is 0.766. The molecule has 1 saturated heterocycles. The molecule has 1 aromatic rings. The molecule has 1 fully saturated rings. The van der Waals surface area contributed by atoms with Crippen molar-refractivity contribution in [1.82, 2.24) is 4.98 Å². The second-order valence-electron chi connectivity index (χ2n) is 3.98. The Bertz CT molecular complexity index is 306. The van der Waals surface area contributed by atoms with E-state index in [2.05, 4.69) is 16.8 Å². The monoisotopic (exact) mass is 210 g/mol. The summed E-state index contributed by atoms with van der Waals surface area (Å²) < 4.78 is 0. The fourth-order valence-corrected chi connectivity index (χ4v) is 2.07. The average Bonchev–Trinajstić information content (AvgIpc) is 2.20. The van der Waals surface area contributed by atoms with Crippen molar-refractivity contribution in [2.24, 2.45) is 5.92 Å². The number of pyridine rings is 1. The molecule has 1 aromatic heterocycles. The van der Waals surface area contributed by atoms with E-state index in [-0.39, 0.29) is 0 Å². The summed E-state index contributed by atoms with van der Waals surface area (Å²) in [5.74, 6) is 1.79. The molecule has 76 valence electrons. The van der Waals surface area contributed by atoms with Crippen LogP contribution in [0.2, 0.25) is 5.02 Å². The Morgan fingerprint density at radius 3 is 2.79 bits per heavy atom. The molecule has 0 amide bonds. The highest BCUT2D eigenvalue weighted by atomic mass is 35.5. The molecule has 2 nitrogen and oxygen atoms in total. The van der Waals surface area contributed by atoms with E-state index in [1.54, 1.807) is 6.20 Å². The number of hydrogen-bond acceptors (Lipinski definition) is 2. The van der Waals surface area contributed by atoms with Crippen LogP contribution >= 0.6 is 11.6 Å². The van der Waals surface area contributed by atoms with Gasteiger partial charge in [0.15, 0.2) is 0 Å². The summed E-state index contributed by atoms with van der Waals surface area (Å²) in [6, 6.07) is 3.78. The van der Waals surface area contributed by atoms with E-state index in [4.69, 9.17) is 11.6 Å². The van der Waals surface area contributed by atoms with Crippen molar-refractivity contribution >= 4 is 17.4 Å². The molecule has 0 aliphatic carbocycles. The third-order valence-electron chi connectivity index (χ3n) is 2.82. The van der Waals surface area contributed by atoms with Gasteiger partial charge in [-0.05, 0) is 30.9 Å². The van der Waals surface area contributed by atoms with Gasteiger partial charge >= 0.3 is 0 Å². The predicted molar refractivity (Wildman–Crippen MR) is 59.9 cm³/mol. The van der Waals surface area contributed by atoms with E-state index >= 15 is 0 Å². The van der Waals surface area contributed by atoms with Gasteiger partial charge in [-0.25, -0.2) is 4.98 Å². The summed E-state index contributed by atoms with van der Waals surface area (Å²) in [6.45, 7) is 4.47. The minimum atomic E-state index is 0.766. The van der Waals surface area contributed by atoms with E-state index in [0.29, 0.717) is 0 Å².